The molecule has 0 fully saturated rings. The number of fused-ring (bicyclic) bond motifs is 1. The summed E-state index contributed by atoms with van der Waals surface area (Å²) in [5.74, 6) is 0. The van der Waals surface area contributed by atoms with Gasteiger partial charge in [0.25, 0.3) is 0 Å². The first kappa shape index (κ1) is 7.21. The molecule has 1 aliphatic rings. The number of hydrogen-bond acceptors (Lipinski definition) is 4. The van der Waals surface area contributed by atoms with Crippen LogP contribution in [0.25, 0.3) is 0 Å². The number of rotatable bonds is 0. The first-order valence-corrected chi connectivity index (χ1v) is 4.73. The normalized spacial score (nSPS) is 16.2. The molecule has 1 heterocycles. The summed E-state index contributed by atoms with van der Waals surface area (Å²) >= 11 is 2.62. The zero-order valence-electron chi connectivity index (χ0n) is 5.53. The van der Waals surface area contributed by atoms with Crippen molar-refractivity contribution in [2.45, 2.75) is 4.90 Å². The third kappa shape index (κ3) is 1.29. The topological polar surface area (TPSA) is 29.1 Å². The van der Waals surface area contributed by atoms with Crippen LogP contribution in [0.1, 0.15) is 10.4 Å². The van der Waals surface area contributed by atoms with E-state index in [4.69, 9.17) is 0 Å². The quantitative estimate of drug-likeness (QED) is 0.623. The molecule has 0 bridgehead atoms. The van der Waals surface area contributed by atoms with Gasteiger partial charge < -0.3 is 0 Å². The molecule has 2 rings (SSSR count). The Bertz CT molecular complexity index is 300. The molecule has 0 amide bonds. The summed E-state index contributed by atoms with van der Waals surface area (Å²) in [6.45, 7) is 0. The molecule has 0 unspecified atom stereocenters. The predicted octanol–water partition coefficient (Wildman–Crippen LogP) is 2.09. The summed E-state index contributed by atoms with van der Waals surface area (Å²) in [6.07, 6.45) is 0. The molecule has 2 nitrogen and oxygen atoms in total. The van der Waals surface area contributed by atoms with Crippen molar-refractivity contribution in [3.8, 4) is 0 Å². The SMILES string of the molecule is O=C1SNSc2ccccc21. The van der Waals surface area contributed by atoms with E-state index in [-0.39, 0.29) is 5.12 Å². The monoisotopic (exact) mass is 183 g/mol. The van der Waals surface area contributed by atoms with Crippen molar-refractivity contribution in [2.24, 2.45) is 0 Å². The van der Waals surface area contributed by atoms with Crippen molar-refractivity contribution in [3.05, 3.63) is 29.8 Å². The molecule has 11 heavy (non-hydrogen) atoms. The molecule has 56 valence electrons. The Balaban J connectivity index is 2.52. The zero-order valence-corrected chi connectivity index (χ0v) is 7.17. The van der Waals surface area contributed by atoms with Gasteiger partial charge in [-0.3, -0.25) is 4.79 Å². The third-order valence-electron chi connectivity index (χ3n) is 1.39. The standard InChI is InChI=1S/C7H5NOS2/c9-7-5-3-1-2-4-6(5)10-8-11-7/h1-4,8H. The molecular formula is C7H5NOS2. The Labute approximate surface area is 73.0 Å². The first-order valence-electron chi connectivity index (χ1n) is 3.10. The number of nitrogens with one attached hydrogen (secondary N) is 1. The van der Waals surface area contributed by atoms with E-state index in [0.29, 0.717) is 0 Å². The molecular weight excluding hydrogens is 178 g/mol. The highest BCUT2D eigenvalue weighted by Gasteiger charge is 2.16. The van der Waals surface area contributed by atoms with Crippen LogP contribution >= 0.6 is 23.9 Å². The van der Waals surface area contributed by atoms with Crippen LogP contribution in [0.5, 0.6) is 0 Å². The second-order valence-electron chi connectivity index (χ2n) is 2.07. The Morgan fingerprint density at radius 2 is 2.00 bits per heavy atom. The van der Waals surface area contributed by atoms with E-state index in [1.54, 1.807) is 0 Å². The van der Waals surface area contributed by atoms with Gasteiger partial charge in [0.2, 0.25) is 5.12 Å². The fourth-order valence-electron chi connectivity index (χ4n) is 0.883. The van der Waals surface area contributed by atoms with Gasteiger partial charge in [0.15, 0.2) is 0 Å². The van der Waals surface area contributed by atoms with Crippen LogP contribution in [0, 0.1) is 0 Å². The number of carbonyl (C=O) groups excluding carboxylic acids is 1. The lowest BCUT2D eigenvalue weighted by molar-refractivity contribution is 0.108. The summed E-state index contributed by atoms with van der Waals surface area (Å²) in [5.41, 5.74) is 0.807. The van der Waals surface area contributed by atoms with Crippen molar-refractivity contribution in [3.63, 3.8) is 0 Å². The molecule has 0 saturated carbocycles. The fraction of sp³-hybridized carbons (Fsp3) is 0. The van der Waals surface area contributed by atoms with Crippen LogP contribution in [0.4, 0.5) is 0 Å². The molecule has 0 aliphatic carbocycles. The van der Waals surface area contributed by atoms with E-state index in [9.17, 15) is 4.79 Å². The number of carbonyl (C=O) groups is 1. The van der Waals surface area contributed by atoms with Gasteiger partial charge in [-0.2, -0.15) is 4.13 Å². The highest BCUT2D eigenvalue weighted by molar-refractivity contribution is 8.22. The van der Waals surface area contributed by atoms with Crippen molar-refractivity contribution < 1.29 is 4.79 Å². The molecule has 1 aromatic rings. The van der Waals surface area contributed by atoms with Gasteiger partial charge in [-0.05, 0) is 24.1 Å². The Hall–Kier alpha value is -0.450. The highest BCUT2D eigenvalue weighted by atomic mass is 32.2. The van der Waals surface area contributed by atoms with E-state index in [2.05, 4.69) is 4.13 Å². The minimum absolute atomic E-state index is 0.0966. The molecule has 0 spiro atoms. The van der Waals surface area contributed by atoms with Gasteiger partial charge in [0.1, 0.15) is 0 Å². The van der Waals surface area contributed by atoms with E-state index in [1.165, 1.54) is 11.9 Å². The van der Waals surface area contributed by atoms with Crippen molar-refractivity contribution in [1.82, 2.24) is 4.13 Å². The maximum atomic E-state index is 11.2. The summed E-state index contributed by atoms with van der Waals surface area (Å²) in [5, 5.41) is 0.0966. The molecule has 1 aromatic carbocycles. The Morgan fingerprint density at radius 1 is 1.18 bits per heavy atom. The zero-order chi connectivity index (χ0) is 7.68. The van der Waals surface area contributed by atoms with E-state index in [0.717, 1.165) is 22.4 Å². The van der Waals surface area contributed by atoms with E-state index < -0.39 is 0 Å². The fourth-order valence-corrected chi connectivity index (χ4v) is 2.48. The summed E-state index contributed by atoms with van der Waals surface area (Å²) in [4.78, 5) is 12.2. The average Bonchev–Trinajstić information content (AvgIpc) is 2.06. The van der Waals surface area contributed by atoms with E-state index >= 15 is 0 Å². The third-order valence-corrected chi connectivity index (χ3v) is 3.04. The van der Waals surface area contributed by atoms with Crippen molar-refractivity contribution in [2.75, 3.05) is 0 Å². The Morgan fingerprint density at radius 3 is 2.82 bits per heavy atom. The maximum absolute atomic E-state index is 11.2. The lowest BCUT2D eigenvalue weighted by atomic mass is 10.2. The smallest absolute Gasteiger partial charge is 0.236 e. The summed E-state index contributed by atoms with van der Waals surface area (Å²) in [6, 6.07) is 7.59. The van der Waals surface area contributed by atoms with Gasteiger partial charge in [-0.1, -0.05) is 12.1 Å². The lowest BCUT2D eigenvalue weighted by Crippen LogP contribution is -2.08. The minimum atomic E-state index is 0.0966. The van der Waals surface area contributed by atoms with Crippen LogP contribution in [0.2, 0.25) is 0 Å². The molecule has 1 N–H and O–H groups in total. The highest BCUT2D eigenvalue weighted by Crippen LogP contribution is 2.29. The molecule has 0 aromatic heterocycles. The lowest BCUT2D eigenvalue weighted by Gasteiger charge is -2.12. The second kappa shape index (κ2) is 2.89. The predicted molar refractivity (Wildman–Crippen MR) is 47.4 cm³/mol. The Kier molecular flexibility index (Phi) is 1.89. The maximum Gasteiger partial charge on any atom is 0.236 e. The molecule has 1 aliphatic heterocycles. The second-order valence-corrected chi connectivity index (χ2v) is 3.96. The van der Waals surface area contributed by atoms with Crippen LogP contribution in [-0.4, -0.2) is 5.12 Å². The van der Waals surface area contributed by atoms with Crippen LogP contribution in [0.3, 0.4) is 0 Å². The van der Waals surface area contributed by atoms with Crippen molar-refractivity contribution in [1.29, 1.82) is 0 Å². The van der Waals surface area contributed by atoms with Gasteiger partial charge in [0, 0.05) is 22.4 Å². The molecule has 0 radical (unpaired) electrons. The van der Waals surface area contributed by atoms with Gasteiger partial charge in [0.05, 0.1) is 0 Å². The number of benzene rings is 1. The van der Waals surface area contributed by atoms with E-state index in [1.807, 2.05) is 24.3 Å². The summed E-state index contributed by atoms with van der Waals surface area (Å²) < 4.78 is 2.87. The van der Waals surface area contributed by atoms with Crippen LogP contribution in [0.15, 0.2) is 29.2 Å². The van der Waals surface area contributed by atoms with Crippen molar-refractivity contribution >= 4 is 29.0 Å². The van der Waals surface area contributed by atoms with Crippen LogP contribution < -0.4 is 4.13 Å². The minimum Gasteiger partial charge on any atom is -0.280 e. The largest absolute Gasteiger partial charge is 0.280 e. The number of hydrogen-bond donors (Lipinski definition) is 1. The summed E-state index contributed by atoms with van der Waals surface area (Å²) in [7, 11) is 0. The average molecular weight is 183 g/mol. The molecule has 4 heteroatoms. The van der Waals surface area contributed by atoms with Gasteiger partial charge in [-0.25, -0.2) is 0 Å². The van der Waals surface area contributed by atoms with Gasteiger partial charge >= 0.3 is 0 Å². The molecule has 0 saturated heterocycles. The first-order chi connectivity index (χ1) is 5.38. The molecule has 0 atom stereocenters. The van der Waals surface area contributed by atoms with Crippen LogP contribution in [-0.2, 0) is 0 Å². The van der Waals surface area contributed by atoms with Gasteiger partial charge in [-0.15, -0.1) is 0 Å².